The minimum atomic E-state index is 0.219. The third kappa shape index (κ3) is 4.23. The first kappa shape index (κ1) is 14.9. The Morgan fingerprint density at radius 1 is 1.30 bits per heavy atom. The molecule has 1 atom stereocenters. The van der Waals surface area contributed by atoms with Gasteiger partial charge in [-0.05, 0) is 37.8 Å². The van der Waals surface area contributed by atoms with Crippen LogP contribution < -0.4 is 10.5 Å². The van der Waals surface area contributed by atoms with Crippen molar-refractivity contribution in [2.45, 2.75) is 38.1 Å². The Morgan fingerprint density at radius 3 is 2.85 bits per heavy atom. The highest BCUT2D eigenvalue weighted by atomic mass is 16.5. The summed E-state index contributed by atoms with van der Waals surface area (Å²) in [6, 6.07) is 9.94. The van der Waals surface area contributed by atoms with Gasteiger partial charge in [0.05, 0.1) is 6.61 Å². The maximum atomic E-state index is 12.2. The molecule has 1 aromatic carbocycles. The number of rotatable bonds is 6. The average Bonchev–Trinajstić information content (AvgIpc) is 2.52. The van der Waals surface area contributed by atoms with Gasteiger partial charge in [0.2, 0.25) is 5.91 Å². The summed E-state index contributed by atoms with van der Waals surface area (Å²) in [7, 11) is 0. The lowest BCUT2D eigenvalue weighted by molar-refractivity contribution is -0.134. The van der Waals surface area contributed by atoms with Gasteiger partial charge in [-0.25, -0.2) is 0 Å². The van der Waals surface area contributed by atoms with Gasteiger partial charge >= 0.3 is 0 Å². The van der Waals surface area contributed by atoms with Gasteiger partial charge in [-0.1, -0.05) is 18.2 Å². The van der Waals surface area contributed by atoms with Crippen LogP contribution in [0, 0.1) is 0 Å². The second-order valence-corrected chi connectivity index (χ2v) is 5.24. The van der Waals surface area contributed by atoms with E-state index in [1.807, 2.05) is 35.2 Å². The van der Waals surface area contributed by atoms with Gasteiger partial charge in [0.25, 0.3) is 0 Å². The number of para-hydroxylation sites is 1. The van der Waals surface area contributed by atoms with Gasteiger partial charge in [-0.15, -0.1) is 0 Å². The normalized spacial score (nSPS) is 18.9. The summed E-state index contributed by atoms with van der Waals surface area (Å²) < 4.78 is 5.60. The number of hydrogen-bond donors (Lipinski definition) is 1. The number of nitrogens with zero attached hydrogens (tertiary/aromatic N) is 1. The SMILES string of the molecule is NCC1CCCCN1C(=O)CCCOc1ccccc1. The van der Waals surface area contributed by atoms with Gasteiger partial charge < -0.3 is 15.4 Å². The highest BCUT2D eigenvalue weighted by Gasteiger charge is 2.24. The van der Waals surface area contributed by atoms with Crippen LogP contribution in [-0.2, 0) is 4.79 Å². The molecule has 0 spiro atoms. The van der Waals surface area contributed by atoms with Crippen molar-refractivity contribution in [3.05, 3.63) is 30.3 Å². The van der Waals surface area contributed by atoms with Crippen LogP contribution in [0.2, 0.25) is 0 Å². The van der Waals surface area contributed by atoms with Gasteiger partial charge in [-0.2, -0.15) is 0 Å². The summed E-state index contributed by atoms with van der Waals surface area (Å²) in [4.78, 5) is 14.2. The molecule has 110 valence electrons. The molecule has 1 aliphatic heterocycles. The molecular weight excluding hydrogens is 252 g/mol. The van der Waals surface area contributed by atoms with Crippen molar-refractivity contribution >= 4 is 5.91 Å². The van der Waals surface area contributed by atoms with Gasteiger partial charge in [0, 0.05) is 25.6 Å². The number of carbonyl (C=O) groups excluding carboxylic acids is 1. The smallest absolute Gasteiger partial charge is 0.222 e. The Labute approximate surface area is 120 Å². The average molecular weight is 276 g/mol. The molecule has 1 fully saturated rings. The minimum Gasteiger partial charge on any atom is -0.494 e. The number of nitrogens with two attached hydrogens (primary N) is 1. The summed E-state index contributed by atoms with van der Waals surface area (Å²) in [5.41, 5.74) is 5.74. The van der Waals surface area contributed by atoms with E-state index in [9.17, 15) is 4.79 Å². The molecule has 1 saturated heterocycles. The highest BCUT2D eigenvalue weighted by Crippen LogP contribution is 2.17. The van der Waals surface area contributed by atoms with Crippen LogP contribution in [0.15, 0.2) is 30.3 Å². The van der Waals surface area contributed by atoms with Crippen molar-refractivity contribution in [3.63, 3.8) is 0 Å². The Balaban J connectivity index is 1.69. The van der Waals surface area contributed by atoms with Crippen LogP contribution in [0.25, 0.3) is 0 Å². The number of benzene rings is 1. The molecule has 4 heteroatoms. The molecule has 1 unspecified atom stereocenters. The van der Waals surface area contributed by atoms with Crippen LogP contribution in [0.1, 0.15) is 32.1 Å². The number of hydrogen-bond acceptors (Lipinski definition) is 3. The third-order valence-electron chi connectivity index (χ3n) is 3.77. The summed E-state index contributed by atoms with van der Waals surface area (Å²) in [6.45, 7) is 2.02. The number of amides is 1. The molecule has 1 aliphatic rings. The third-order valence-corrected chi connectivity index (χ3v) is 3.77. The topological polar surface area (TPSA) is 55.6 Å². The van der Waals surface area contributed by atoms with E-state index in [-0.39, 0.29) is 11.9 Å². The van der Waals surface area contributed by atoms with Crippen LogP contribution in [0.5, 0.6) is 5.75 Å². The predicted octanol–water partition coefficient (Wildman–Crippen LogP) is 2.19. The monoisotopic (exact) mass is 276 g/mol. The highest BCUT2D eigenvalue weighted by molar-refractivity contribution is 5.76. The van der Waals surface area contributed by atoms with Gasteiger partial charge in [0.1, 0.15) is 5.75 Å². The zero-order valence-electron chi connectivity index (χ0n) is 12.0. The molecule has 0 saturated carbocycles. The van der Waals surface area contributed by atoms with Crippen LogP contribution >= 0.6 is 0 Å². The van der Waals surface area contributed by atoms with Gasteiger partial charge in [0.15, 0.2) is 0 Å². The fourth-order valence-electron chi connectivity index (χ4n) is 2.65. The van der Waals surface area contributed by atoms with E-state index in [4.69, 9.17) is 10.5 Å². The fourth-order valence-corrected chi connectivity index (χ4v) is 2.65. The molecule has 1 amide bonds. The molecule has 0 bridgehead atoms. The second kappa shape index (κ2) is 7.90. The molecule has 2 rings (SSSR count). The van der Waals surface area contributed by atoms with E-state index in [0.717, 1.165) is 31.6 Å². The number of piperidine rings is 1. The van der Waals surface area contributed by atoms with E-state index >= 15 is 0 Å². The lowest BCUT2D eigenvalue weighted by atomic mass is 10.0. The van der Waals surface area contributed by atoms with E-state index in [1.165, 1.54) is 6.42 Å². The van der Waals surface area contributed by atoms with E-state index in [0.29, 0.717) is 19.6 Å². The molecule has 0 aliphatic carbocycles. The van der Waals surface area contributed by atoms with E-state index in [2.05, 4.69) is 0 Å². The number of likely N-dealkylation sites (tertiary alicyclic amines) is 1. The molecular formula is C16H24N2O2. The van der Waals surface area contributed by atoms with Crippen molar-refractivity contribution in [1.29, 1.82) is 0 Å². The maximum absolute atomic E-state index is 12.2. The largest absolute Gasteiger partial charge is 0.494 e. The quantitative estimate of drug-likeness (QED) is 0.810. The Hall–Kier alpha value is -1.55. The standard InChI is InChI=1S/C16H24N2O2/c17-13-14-7-4-5-11-18(14)16(19)10-6-12-20-15-8-2-1-3-9-15/h1-3,8-9,14H,4-7,10-13,17H2. The van der Waals surface area contributed by atoms with Crippen molar-refractivity contribution in [3.8, 4) is 5.75 Å². The van der Waals surface area contributed by atoms with Crippen LogP contribution in [0.3, 0.4) is 0 Å². The Kier molecular flexibility index (Phi) is 5.87. The van der Waals surface area contributed by atoms with Crippen molar-refractivity contribution in [2.75, 3.05) is 19.7 Å². The van der Waals surface area contributed by atoms with E-state index < -0.39 is 0 Å². The first-order chi connectivity index (χ1) is 9.81. The molecule has 0 radical (unpaired) electrons. The lowest BCUT2D eigenvalue weighted by Crippen LogP contribution is -2.47. The second-order valence-electron chi connectivity index (χ2n) is 5.24. The summed E-state index contributed by atoms with van der Waals surface area (Å²) in [6.07, 6.45) is 4.62. The Morgan fingerprint density at radius 2 is 2.10 bits per heavy atom. The predicted molar refractivity (Wildman–Crippen MR) is 79.6 cm³/mol. The van der Waals surface area contributed by atoms with Crippen molar-refractivity contribution < 1.29 is 9.53 Å². The van der Waals surface area contributed by atoms with Gasteiger partial charge in [-0.3, -0.25) is 4.79 Å². The first-order valence-corrected chi connectivity index (χ1v) is 7.48. The van der Waals surface area contributed by atoms with Crippen LogP contribution in [0.4, 0.5) is 0 Å². The zero-order valence-corrected chi connectivity index (χ0v) is 12.0. The molecule has 0 aromatic heterocycles. The number of carbonyl (C=O) groups is 1. The summed E-state index contributed by atoms with van der Waals surface area (Å²) in [5, 5.41) is 0. The zero-order chi connectivity index (χ0) is 14.2. The number of ether oxygens (including phenoxy) is 1. The van der Waals surface area contributed by atoms with Crippen LogP contribution in [-0.4, -0.2) is 36.5 Å². The molecule has 1 heterocycles. The first-order valence-electron chi connectivity index (χ1n) is 7.48. The van der Waals surface area contributed by atoms with Crippen molar-refractivity contribution in [1.82, 2.24) is 4.90 Å². The lowest BCUT2D eigenvalue weighted by Gasteiger charge is -2.35. The van der Waals surface area contributed by atoms with Crippen molar-refractivity contribution in [2.24, 2.45) is 5.73 Å². The minimum absolute atomic E-state index is 0.219. The summed E-state index contributed by atoms with van der Waals surface area (Å²) in [5.74, 6) is 1.08. The molecule has 20 heavy (non-hydrogen) atoms. The maximum Gasteiger partial charge on any atom is 0.222 e. The Bertz CT molecular complexity index is 408. The van der Waals surface area contributed by atoms with E-state index in [1.54, 1.807) is 0 Å². The molecule has 1 aromatic rings. The summed E-state index contributed by atoms with van der Waals surface area (Å²) >= 11 is 0. The fraction of sp³-hybridized carbons (Fsp3) is 0.562. The molecule has 4 nitrogen and oxygen atoms in total. The molecule has 2 N–H and O–H groups in total.